The maximum absolute atomic E-state index is 14.0. The Kier molecular flexibility index (Phi) is 4.88. The number of hydrogen-bond acceptors (Lipinski definition) is 3. The second kappa shape index (κ2) is 7.06. The number of rotatable bonds is 4. The fraction of sp³-hybridized carbons (Fsp3) is 0.333. The summed E-state index contributed by atoms with van der Waals surface area (Å²) in [4.78, 5) is 4.20. The number of piperazine rings is 1. The van der Waals surface area contributed by atoms with E-state index in [0.717, 1.165) is 13.1 Å². The average Bonchev–Trinajstić information content (AvgIpc) is 2.58. The molecule has 1 heterocycles. The van der Waals surface area contributed by atoms with Gasteiger partial charge in [-0.1, -0.05) is 30.3 Å². The van der Waals surface area contributed by atoms with Gasteiger partial charge in [-0.3, -0.25) is 4.90 Å². The van der Waals surface area contributed by atoms with Gasteiger partial charge in [0.25, 0.3) is 0 Å². The molecule has 0 amide bonds. The van der Waals surface area contributed by atoms with Crippen molar-refractivity contribution in [2.75, 3.05) is 37.6 Å². The van der Waals surface area contributed by atoms with E-state index in [4.69, 9.17) is 5.73 Å². The predicted molar refractivity (Wildman–Crippen MR) is 88.4 cm³/mol. The molecule has 1 aliphatic rings. The van der Waals surface area contributed by atoms with Crippen molar-refractivity contribution >= 4 is 5.69 Å². The summed E-state index contributed by atoms with van der Waals surface area (Å²) in [5, 5.41) is 0. The zero-order valence-electron chi connectivity index (χ0n) is 13.0. The van der Waals surface area contributed by atoms with E-state index >= 15 is 0 Å². The Morgan fingerprint density at radius 1 is 0.870 bits per heavy atom. The lowest BCUT2D eigenvalue weighted by atomic mass is 10.0. The lowest BCUT2D eigenvalue weighted by molar-refractivity contribution is 0.186. The van der Waals surface area contributed by atoms with Gasteiger partial charge in [-0.05, 0) is 18.2 Å². The number of halogens is 2. The van der Waals surface area contributed by atoms with Crippen LogP contribution in [0, 0.1) is 11.6 Å². The standard InChI is InChI=1S/C18H21F2N3/c19-15-6-2-1-5-14(15)18(13-21)23-11-9-22(10-12-23)17-8-4-3-7-16(17)20/h1-8,18H,9-13,21H2. The van der Waals surface area contributed by atoms with Crippen LogP contribution in [0.25, 0.3) is 0 Å². The molecule has 2 N–H and O–H groups in total. The summed E-state index contributed by atoms with van der Waals surface area (Å²) in [5.41, 5.74) is 7.15. The lowest BCUT2D eigenvalue weighted by Crippen LogP contribution is -2.49. The third-order valence-corrected chi connectivity index (χ3v) is 4.44. The topological polar surface area (TPSA) is 32.5 Å². The Morgan fingerprint density at radius 3 is 2.09 bits per heavy atom. The van der Waals surface area contributed by atoms with Crippen LogP contribution in [0.15, 0.2) is 48.5 Å². The van der Waals surface area contributed by atoms with Crippen molar-refractivity contribution in [1.82, 2.24) is 4.90 Å². The summed E-state index contributed by atoms with van der Waals surface area (Å²) in [6.45, 7) is 3.22. The number of para-hydroxylation sites is 1. The molecule has 1 atom stereocenters. The van der Waals surface area contributed by atoms with Crippen LogP contribution < -0.4 is 10.6 Å². The SMILES string of the molecule is NCC(c1ccccc1F)N1CCN(c2ccccc2F)CC1. The first-order chi connectivity index (χ1) is 11.2. The fourth-order valence-corrected chi connectivity index (χ4v) is 3.20. The highest BCUT2D eigenvalue weighted by Crippen LogP contribution is 2.26. The van der Waals surface area contributed by atoms with E-state index < -0.39 is 0 Å². The van der Waals surface area contributed by atoms with Crippen molar-refractivity contribution < 1.29 is 8.78 Å². The van der Waals surface area contributed by atoms with Crippen LogP contribution in [-0.2, 0) is 0 Å². The summed E-state index contributed by atoms with van der Waals surface area (Å²) in [5.74, 6) is -0.426. The zero-order valence-corrected chi connectivity index (χ0v) is 13.0. The van der Waals surface area contributed by atoms with E-state index in [1.165, 1.54) is 12.1 Å². The number of nitrogens with zero attached hydrogens (tertiary/aromatic N) is 2. The Balaban J connectivity index is 1.71. The van der Waals surface area contributed by atoms with Crippen LogP contribution in [0.1, 0.15) is 11.6 Å². The minimum atomic E-state index is -0.223. The first-order valence-corrected chi connectivity index (χ1v) is 7.88. The van der Waals surface area contributed by atoms with Crippen molar-refractivity contribution in [1.29, 1.82) is 0 Å². The van der Waals surface area contributed by atoms with Gasteiger partial charge in [-0.2, -0.15) is 0 Å². The molecule has 3 nitrogen and oxygen atoms in total. The summed E-state index contributed by atoms with van der Waals surface area (Å²) >= 11 is 0. The number of benzene rings is 2. The molecule has 0 bridgehead atoms. The zero-order chi connectivity index (χ0) is 16.2. The molecule has 5 heteroatoms. The maximum atomic E-state index is 14.0. The van der Waals surface area contributed by atoms with Crippen molar-refractivity contribution in [3.63, 3.8) is 0 Å². The molecule has 23 heavy (non-hydrogen) atoms. The molecule has 1 aliphatic heterocycles. The molecule has 0 aliphatic carbocycles. The van der Waals surface area contributed by atoms with E-state index in [1.807, 2.05) is 17.0 Å². The molecule has 0 radical (unpaired) electrons. The highest BCUT2D eigenvalue weighted by molar-refractivity contribution is 5.48. The van der Waals surface area contributed by atoms with E-state index in [9.17, 15) is 8.78 Å². The molecule has 0 saturated carbocycles. The predicted octanol–water partition coefficient (Wildman–Crippen LogP) is 2.79. The first kappa shape index (κ1) is 15.9. The minimum absolute atomic E-state index is 0.140. The fourth-order valence-electron chi connectivity index (χ4n) is 3.20. The normalized spacial score (nSPS) is 17.3. The van der Waals surface area contributed by atoms with Gasteiger partial charge < -0.3 is 10.6 Å². The van der Waals surface area contributed by atoms with E-state index in [0.29, 0.717) is 30.9 Å². The highest BCUT2D eigenvalue weighted by Gasteiger charge is 2.26. The third-order valence-electron chi connectivity index (χ3n) is 4.44. The second-order valence-electron chi connectivity index (χ2n) is 5.75. The molecule has 0 aromatic heterocycles. The van der Waals surface area contributed by atoms with E-state index in [2.05, 4.69) is 4.90 Å². The number of hydrogen-bond donors (Lipinski definition) is 1. The van der Waals surface area contributed by atoms with Gasteiger partial charge in [0.2, 0.25) is 0 Å². The molecular formula is C18H21F2N3. The van der Waals surface area contributed by atoms with E-state index in [1.54, 1.807) is 24.3 Å². The van der Waals surface area contributed by atoms with Gasteiger partial charge in [0.05, 0.1) is 11.7 Å². The monoisotopic (exact) mass is 317 g/mol. The summed E-state index contributed by atoms with van der Waals surface area (Å²) in [6, 6.07) is 13.4. The molecule has 3 rings (SSSR count). The van der Waals surface area contributed by atoms with Crippen LogP contribution in [0.3, 0.4) is 0 Å². The Bertz CT molecular complexity index is 654. The van der Waals surface area contributed by atoms with Crippen molar-refractivity contribution in [2.45, 2.75) is 6.04 Å². The molecule has 2 aromatic rings. The highest BCUT2D eigenvalue weighted by atomic mass is 19.1. The average molecular weight is 317 g/mol. The van der Waals surface area contributed by atoms with Gasteiger partial charge in [-0.25, -0.2) is 8.78 Å². The maximum Gasteiger partial charge on any atom is 0.146 e. The van der Waals surface area contributed by atoms with E-state index in [-0.39, 0.29) is 17.7 Å². The lowest BCUT2D eigenvalue weighted by Gasteiger charge is -2.40. The Hall–Kier alpha value is -1.98. The molecule has 0 spiro atoms. The van der Waals surface area contributed by atoms with Gasteiger partial charge in [-0.15, -0.1) is 0 Å². The van der Waals surface area contributed by atoms with Gasteiger partial charge >= 0.3 is 0 Å². The van der Waals surface area contributed by atoms with Crippen LogP contribution >= 0.6 is 0 Å². The minimum Gasteiger partial charge on any atom is -0.367 e. The van der Waals surface area contributed by atoms with Crippen molar-refractivity contribution in [3.8, 4) is 0 Å². The third kappa shape index (κ3) is 3.35. The molecular weight excluding hydrogens is 296 g/mol. The molecule has 1 saturated heterocycles. The molecule has 2 aromatic carbocycles. The summed E-state index contributed by atoms with van der Waals surface area (Å²) in [7, 11) is 0. The quantitative estimate of drug-likeness (QED) is 0.941. The Morgan fingerprint density at radius 2 is 1.48 bits per heavy atom. The molecule has 122 valence electrons. The van der Waals surface area contributed by atoms with Crippen LogP contribution in [0.4, 0.5) is 14.5 Å². The van der Waals surface area contributed by atoms with Crippen molar-refractivity contribution in [2.24, 2.45) is 5.73 Å². The summed E-state index contributed by atoms with van der Waals surface area (Å²) < 4.78 is 27.9. The van der Waals surface area contributed by atoms with Crippen LogP contribution in [0.5, 0.6) is 0 Å². The van der Waals surface area contributed by atoms with Gasteiger partial charge in [0.15, 0.2) is 0 Å². The second-order valence-corrected chi connectivity index (χ2v) is 5.75. The number of anilines is 1. The molecule has 1 unspecified atom stereocenters. The summed E-state index contributed by atoms with van der Waals surface area (Å²) in [6.07, 6.45) is 0. The van der Waals surface area contributed by atoms with Crippen molar-refractivity contribution in [3.05, 3.63) is 65.7 Å². The smallest absolute Gasteiger partial charge is 0.146 e. The largest absolute Gasteiger partial charge is 0.367 e. The van der Waals surface area contributed by atoms with Crippen LogP contribution in [-0.4, -0.2) is 37.6 Å². The first-order valence-electron chi connectivity index (χ1n) is 7.88. The molecule has 1 fully saturated rings. The van der Waals surface area contributed by atoms with Gasteiger partial charge in [0, 0.05) is 38.3 Å². The Labute approximate surface area is 135 Å². The number of nitrogens with two attached hydrogens (primary N) is 1. The van der Waals surface area contributed by atoms with Gasteiger partial charge in [0.1, 0.15) is 11.6 Å². The van der Waals surface area contributed by atoms with Crippen LogP contribution in [0.2, 0.25) is 0 Å².